The third-order valence-corrected chi connectivity index (χ3v) is 1.56. The number of hydrogen-bond donors (Lipinski definition) is 1. The van der Waals surface area contributed by atoms with Gasteiger partial charge in [-0.2, -0.15) is 0 Å². The molecule has 1 heterocycles. The Labute approximate surface area is 78.9 Å². The second-order valence-corrected chi connectivity index (χ2v) is 2.99. The third-order valence-electron chi connectivity index (χ3n) is 1.14. The summed E-state index contributed by atoms with van der Waals surface area (Å²) in [4.78, 5) is 14.0. The Morgan fingerprint density at radius 1 is 1.50 bits per heavy atom. The first-order chi connectivity index (χ1) is 5.58. The third kappa shape index (κ3) is 2.68. The number of aromatic nitrogens is 1. The number of aliphatic carboxylic acids is 1. The fourth-order valence-electron chi connectivity index (χ4n) is 0.762. The van der Waals surface area contributed by atoms with Crippen LogP contribution in [0.25, 0.3) is 0 Å². The van der Waals surface area contributed by atoms with E-state index in [1.807, 2.05) is 0 Å². The number of rotatable bonds is 2. The standard InChI is InChI=1S/C7H5Cl2NO2/c8-4-1-5(3-7(11)12)10-6(9)2-4/h1-2H,3H2,(H,11,12). The molecule has 64 valence electrons. The van der Waals surface area contributed by atoms with Crippen LogP contribution >= 0.6 is 23.2 Å². The Balaban J connectivity index is 2.93. The molecule has 0 saturated heterocycles. The zero-order valence-electron chi connectivity index (χ0n) is 5.92. The van der Waals surface area contributed by atoms with E-state index in [2.05, 4.69) is 4.98 Å². The normalized spacial score (nSPS) is 9.83. The lowest BCUT2D eigenvalue weighted by atomic mass is 10.3. The van der Waals surface area contributed by atoms with Gasteiger partial charge in [-0.1, -0.05) is 23.2 Å². The van der Waals surface area contributed by atoms with Crippen molar-refractivity contribution in [2.45, 2.75) is 6.42 Å². The van der Waals surface area contributed by atoms with Crippen LogP contribution in [-0.4, -0.2) is 16.1 Å². The maximum absolute atomic E-state index is 10.3. The molecule has 0 aliphatic carbocycles. The van der Waals surface area contributed by atoms with Crippen LogP contribution in [0.5, 0.6) is 0 Å². The van der Waals surface area contributed by atoms with Gasteiger partial charge in [0.05, 0.1) is 12.1 Å². The molecular formula is C7H5Cl2NO2. The van der Waals surface area contributed by atoms with Crippen molar-refractivity contribution in [3.63, 3.8) is 0 Å². The maximum Gasteiger partial charge on any atom is 0.309 e. The van der Waals surface area contributed by atoms with Gasteiger partial charge in [0.1, 0.15) is 5.15 Å². The van der Waals surface area contributed by atoms with Crippen molar-refractivity contribution in [3.8, 4) is 0 Å². The van der Waals surface area contributed by atoms with Gasteiger partial charge < -0.3 is 5.11 Å². The number of hydrogen-bond acceptors (Lipinski definition) is 2. The minimum Gasteiger partial charge on any atom is -0.481 e. The van der Waals surface area contributed by atoms with Crippen molar-refractivity contribution in [2.24, 2.45) is 0 Å². The molecule has 1 aromatic heterocycles. The Hall–Kier alpha value is -0.800. The predicted molar refractivity (Wildman–Crippen MR) is 45.6 cm³/mol. The highest BCUT2D eigenvalue weighted by Crippen LogP contribution is 2.15. The SMILES string of the molecule is O=C(O)Cc1cc(Cl)cc(Cl)n1. The van der Waals surface area contributed by atoms with Crippen molar-refractivity contribution in [2.75, 3.05) is 0 Å². The lowest BCUT2D eigenvalue weighted by molar-refractivity contribution is -0.136. The molecule has 1 rings (SSSR count). The van der Waals surface area contributed by atoms with Gasteiger partial charge in [0.2, 0.25) is 0 Å². The Bertz CT molecular complexity index is 294. The van der Waals surface area contributed by atoms with Crippen LogP contribution in [0, 0.1) is 0 Å². The molecule has 12 heavy (non-hydrogen) atoms. The summed E-state index contributed by atoms with van der Waals surface area (Å²) in [6, 6.07) is 2.93. The van der Waals surface area contributed by atoms with Gasteiger partial charge in [0.25, 0.3) is 0 Å². The topological polar surface area (TPSA) is 50.2 Å². The Morgan fingerprint density at radius 3 is 2.67 bits per heavy atom. The number of carboxylic acid groups (broad SMARTS) is 1. The molecule has 1 N–H and O–H groups in total. The molecule has 0 fully saturated rings. The molecule has 3 nitrogen and oxygen atoms in total. The summed E-state index contributed by atoms with van der Waals surface area (Å²) in [5.41, 5.74) is 0.361. The second-order valence-electron chi connectivity index (χ2n) is 2.17. The van der Waals surface area contributed by atoms with Crippen LogP contribution in [0.4, 0.5) is 0 Å². The minimum atomic E-state index is -0.958. The van der Waals surface area contributed by atoms with E-state index in [1.165, 1.54) is 12.1 Å². The first kappa shape index (κ1) is 9.29. The number of pyridine rings is 1. The highest BCUT2D eigenvalue weighted by Gasteiger charge is 2.03. The summed E-state index contributed by atoms with van der Waals surface area (Å²) in [6.45, 7) is 0. The largest absolute Gasteiger partial charge is 0.481 e. The predicted octanol–water partition coefficient (Wildman–Crippen LogP) is 2.02. The van der Waals surface area contributed by atoms with E-state index in [9.17, 15) is 4.79 Å². The highest BCUT2D eigenvalue weighted by atomic mass is 35.5. The second kappa shape index (κ2) is 3.74. The molecule has 0 saturated carbocycles. The number of halogens is 2. The van der Waals surface area contributed by atoms with Crippen molar-refractivity contribution >= 4 is 29.2 Å². The summed E-state index contributed by atoms with van der Waals surface area (Å²) in [7, 11) is 0. The van der Waals surface area contributed by atoms with Crippen LogP contribution in [0.1, 0.15) is 5.69 Å². The van der Waals surface area contributed by atoms with E-state index >= 15 is 0 Å². The van der Waals surface area contributed by atoms with Gasteiger partial charge in [-0.25, -0.2) is 4.98 Å². The zero-order chi connectivity index (χ0) is 9.14. The lowest BCUT2D eigenvalue weighted by Gasteiger charge is -1.97. The van der Waals surface area contributed by atoms with Crippen LogP contribution in [-0.2, 0) is 11.2 Å². The fourth-order valence-corrected chi connectivity index (χ4v) is 1.27. The lowest BCUT2D eigenvalue weighted by Crippen LogP contribution is -2.02. The van der Waals surface area contributed by atoms with E-state index in [0.29, 0.717) is 10.7 Å². The number of nitrogens with zero attached hydrogens (tertiary/aromatic N) is 1. The number of carbonyl (C=O) groups is 1. The summed E-state index contributed by atoms with van der Waals surface area (Å²) in [6.07, 6.45) is -0.166. The highest BCUT2D eigenvalue weighted by molar-refractivity contribution is 6.33. The van der Waals surface area contributed by atoms with Gasteiger partial charge >= 0.3 is 5.97 Å². The average molecular weight is 206 g/mol. The van der Waals surface area contributed by atoms with Gasteiger partial charge in [-0.3, -0.25) is 4.79 Å². The van der Waals surface area contributed by atoms with Crippen LogP contribution in [0.2, 0.25) is 10.2 Å². The Morgan fingerprint density at radius 2 is 2.17 bits per heavy atom. The summed E-state index contributed by atoms with van der Waals surface area (Å²) < 4.78 is 0. The molecule has 0 spiro atoms. The molecule has 0 atom stereocenters. The molecule has 0 radical (unpaired) electrons. The van der Waals surface area contributed by atoms with Crippen LogP contribution in [0.15, 0.2) is 12.1 Å². The van der Waals surface area contributed by atoms with Crippen molar-refractivity contribution in [3.05, 3.63) is 28.0 Å². The molecule has 0 aromatic carbocycles. The van der Waals surface area contributed by atoms with Gasteiger partial charge in [0.15, 0.2) is 0 Å². The fraction of sp³-hybridized carbons (Fsp3) is 0.143. The van der Waals surface area contributed by atoms with E-state index < -0.39 is 5.97 Å². The van der Waals surface area contributed by atoms with Crippen molar-refractivity contribution < 1.29 is 9.90 Å². The summed E-state index contributed by atoms with van der Waals surface area (Å²) in [5.74, 6) is -0.958. The average Bonchev–Trinajstić information content (AvgIpc) is 1.81. The number of carboxylic acids is 1. The zero-order valence-corrected chi connectivity index (χ0v) is 7.43. The monoisotopic (exact) mass is 205 g/mol. The van der Waals surface area contributed by atoms with Crippen LogP contribution < -0.4 is 0 Å². The maximum atomic E-state index is 10.3. The smallest absolute Gasteiger partial charge is 0.309 e. The van der Waals surface area contributed by atoms with Crippen LogP contribution in [0.3, 0.4) is 0 Å². The minimum absolute atomic E-state index is 0.166. The molecule has 0 unspecified atom stereocenters. The van der Waals surface area contributed by atoms with E-state index in [4.69, 9.17) is 28.3 Å². The molecule has 0 bridgehead atoms. The van der Waals surface area contributed by atoms with Crippen molar-refractivity contribution in [1.29, 1.82) is 0 Å². The van der Waals surface area contributed by atoms with E-state index in [1.54, 1.807) is 0 Å². The first-order valence-corrected chi connectivity index (χ1v) is 3.87. The molecule has 5 heteroatoms. The van der Waals surface area contributed by atoms with Gasteiger partial charge in [-0.05, 0) is 12.1 Å². The van der Waals surface area contributed by atoms with Gasteiger partial charge in [-0.15, -0.1) is 0 Å². The van der Waals surface area contributed by atoms with Gasteiger partial charge in [0, 0.05) is 5.02 Å². The van der Waals surface area contributed by atoms with E-state index in [0.717, 1.165) is 0 Å². The van der Waals surface area contributed by atoms with E-state index in [-0.39, 0.29) is 11.6 Å². The first-order valence-electron chi connectivity index (χ1n) is 3.11. The van der Waals surface area contributed by atoms with Crippen molar-refractivity contribution in [1.82, 2.24) is 4.98 Å². The molecule has 1 aromatic rings. The summed E-state index contributed by atoms with van der Waals surface area (Å²) >= 11 is 11.2. The Kier molecular flexibility index (Phi) is 2.89. The molecule has 0 aliphatic heterocycles. The summed E-state index contributed by atoms with van der Waals surface area (Å²) in [5, 5.41) is 9.02. The molecule has 0 aliphatic rings. The quantitative estimate of drug-likeness (QED) is 0.753. The molecular weight excluding hydrogens is 201 g/mol. The molecule has 0 amide bonds.